The van der Waals surface area contributed by atoms with Gasteiger partial charge in [-0.2, -0.15) is 0 Å². The molecule has 0 fully saturated rings. The zero-order valence-corrected chi connectivity index (χ0v) is 12.6. The lowest BCUT2D eigenvalue weighted by Gasteiger charge is -2.09. The van der Waals surface area contributed by atoms with Crippen molar-refractivity contribution in [3.63, 3.8) is 0 Å². The molecule has 116 valence electrons. The fourth-order valence-electron chi connectivity index (χ4n) is 1.88. The van der Waals surface area contributed by atoms with Crippen molar-refractivity contribution in [3.8, 4) is 0 Å². The lowest BCUT2D eigenvalue weighted by molar-refractivity contribution is -0.383. The highest BCUT2D eigenvalue weighted by atomic mass is 32.2. The number of sulfonamides is 1. The SMILES string of the molecule is CCc1ccc(S(=O)(=O)Nc2ccc(N)c([N+](=O)[O-])c2)cc1. The number of anilines is 2. The Labute approximate surface area is 128 Å². The molecular weight excluding hydrogens is 306 g/mol. The summed E-state index contributed by atoms with van der Waals surface area (Å²) in [6, 6.07) is 10.2. The Morgan fingerprint density at radius 3 is 2.36 bits per heavy atom. The van der Waals surface area contributed by atoms with Crippen LogP contribution in [0.15, 0.2) is 47.4 Å². The molecule has 0 aliphatic carbocycles. The van der Waals surface area contributed by atoms with E-state index in [1.807, 2.05) is 6.92 Å². The quantitative estimate of drug-likeness (QED) is 0.499. The number of nitrogen functional groups attached to an aromatic ring is 1. The van der Waals surface area contributed by atoms with E-state index in [4.69, 9.17) is 5.73 Å². The van der Waals surface area contributed by atoms with Crippen molar-refractivity contribution in [1.29, 1.82) is 0 Å². The first-order valence-corrected chi connectivity index (χ1v) is 7.97. The second-order valence-corrected chi connectivity index (χ2v) is 6.32. The van der Waals surface area contributed by atoms with E-state index in [2.05, 4.69) is 4.72 Å². The molecule has 0 aliphatic rings. The van der Waals surface area contributed by atoms with Crippen LogP contribution in [-0.4, -0.2) is 13.3 Å². The molecule has 3 N–H and O–H groups in total. The van der Waals surface area contributed by atoms with Crippen molar-refractivity contribution in [3.05, 3.63) is 58.1 Å². The predicted molar refractivity (Wildman–Crippen MR) is 84.1 cm³/mol. The standard InChI is InChI=1S/C14H15N3O4S/c1-2-10-3-6-12(7-4-10)22(20,21)16-11-5-8-13(15)14(9-11)17(18)19/h3-9,16H,2,15H2,1H3. The molecule has 0 radical (unpaired) electrons. The Kier molecular flexibility index (Phi) is 4.32. The zero-order valence-electron chi connectivity index (χ0n) is 11.8. The Bertz CT molecular complexity index is 801. The van der Waals surface area contributed by atoms with E-state index >= 15 is 0 Å². The molecule has 2 rings (SSSR count). The Morgan fingerprint density at radius 1 is 1.18 bits per heavy atom. The van der Waals surface area contributed by atoms with E-state index in [-0.39, 0.29) is 22.0 Å². The summed E-state index contributed by atoms with van der Waals surface area (Å²) in [5.74, 6) is 0. The van der Waals surface area contributed by atoms with Gasteiger partial charge < -0.3 is 5.73 Å². The van der Waals surface area contributed by atoms with Crippen molar-refractivity contribution in [1.82, 2.24) is 0 Å². The highest BCUT2D eigenvalue weighted by Gasteiger charge is 2.17. The maximum atomic E-state index is 12.3. The number of rotatable bonds is 5. The fraction of sp³-hybridized carbons (Fsp3) is 0.143. The van der Waals surface area contributed by atoms with Gasteiger partial charge in [0, 0.05) is 6.07 Å². The third-order valence-corrected chi connectivity index (χ3v) is 4.52. The van der Waals surface area contributed by atoms with E-state index < -0.39 is 14.9 Å². The van der Waals surface area contributed by atoms with Gasteiger partial charge in [-0.25, -0.2) is 8.42 Å². The summed E-state index contributed by atoms with van der Waals surface area (Å²) in [5, 5.41) is 10.8. The number of nitro groups is 1. The van der Waals surface area contributed by atoms with Crippen LogP contribution in [0.3, 0.4) is 0 Å². The van der Waals surface area contributed by atoms with E-state index in [0.29, 0.717) is 0 Å². The zero-order chi connectivity index (χ0) is 16.3. The van der Waals surface area contributed by atoms with Gasteiger partial charge in [-0.1, -0.05) is 19.1 Å². The van der Waals surface area contributed by atoms with Crippen molar-refractivity contribution >= 4 is 27.1 Å². The van der Waals surface area contributed by atoms with Crippen LogP contribution in [0.5, 0.6) is 0 Å². The minimum Gasteiger partial charge on any atom is -0.393 e. The van der Waals surface area contributed by atoms with E-state index in [1.165, 1.54) is 24.3 Å². The van der Waals surface area contributed by atoms with Gasteiger partial charge in [0.15, 0.2) is 0 Å². The molecular formula is C14H15N3O4S. The number of nitro benzene ring substituents is 1. The Morgan fingerprint density at radius 2 is 1.82 bits per heavy atom. The lowest BCUT2D eigenvalue weighted by Crippen LogP contribution is -2.13. The summed E-state index contributed by atoms with van der Waals surface area (Å²) >= 11 is 0. The number of benzene rings is 2. The topological polar surface area (TPSA) is 115 Å². The molecule has 0 atom stereocenters. The van der Waals surface area contributed by atoms with Crippen molar-refractivity contribution in [2.24, 2.45) is 0 Å². The van der Waals surface area contributed by atoms with Gasteiger partial charge >= 0.3 is 0 Å². The van der Waals surface area contributed by atoms with Crippen LogP contribution in [-0.2, 0) is 16.4 Å². The normalized spacial score (nSPS) is 11.1. The van der Waals surface area contributed by atoms with E-state index in [0.717, 1.165) is 18.1 Å². The van der Waals surface area contributed by atoms with Crippen molar-refractivity contribution < 1.29 is 13.3 Å². The smallest absolute Gasteiger partial charge is 0.294 e. The third-order valence-electron chi connectivity index (χ3n) is 3.12. The average Bonchev–Trinajstić information content (AvgIpc) is 2.48. The third kappa shape index (κ3) is 3.34. The molecule has 0 spiro atoms. The van der Waals surface area contributed by atoms with Gasteiger partial charge in [0.05, 0.1) is 15.5 Å². The van der Waals surface area contributed by atoms with Gasteiger partial charge in [0.25, 0.3) is 15.7 Å². The number of nitrogens with two attached hydrogens (primary N) is 1. The molecule has 2 aromatic rings. The van der Waals surface area contributed by atoms with Gasteiger partial charge in [0.2, 0.25) is 0 Å². The molecule has 0 aromatic heterocycles. The maximum Gasteiger partial charge on any atom is 0.294 e. The first-order valence-electron chi connectivity index (χ1n) is 6.49. The van der Waals surface area contributed by atoms with Crippen LogP contribution in [0.1, 0.15) is 12.5 Å². The minimum absolute atomic E-state index is 0.0275. The second kappa shape index (κ2) is 6.02. The number of nitrogens with one attached hydrogen (secondary N) is 1. The molecule has 0 heterocycles. The number of hydrogen-bond donors (Lipinski definition) is 2. The summed E-state index contributed by atoms with van der Waals surface area (Å²) in [4.78, 5) is 10.3. The van der Waals surface area contributed by atoms with E-state index in [1.54, 1.807) is 12.1 Å². The predicted octanol–water partition coefficient (Wildman–Crippen LogP) is 2.54. The molecule has 22 heavy (non-hydrogen) atoms. The molecule has 0 saturated heterocycles. The second-order valence-electron chi connectivity index (χ2n) is 4.63. The molecule has 0 unspecified atom stereocenters. The first kappa shape index (κ1) is 15.8. The van der Waals surface area contributed by atoms with Crippen LogP contribution < -0.4 is 10.5 Å². The van der Waals surface area contributed by atoms with Crippen LogP contribution in [0, 0.1) is 10.1 Å². The lowest BCUT2D eigenvalue weighted by atomic mass is 10.2. The van der Waals surface area contributed by atoms with Gasteiger partial charge in [0.1, 0.15) is 5.69 Å². The Balaban J connectivity index is 2.32. The highest BCUT2D eigenvalue weighted by molar-refractivity contribution is 7.92. The number of hydrogen-bond acceptors (Lipinski definition) is 5. The van der Waals surface area contributed by atoms with Crippen LogP contribution in [0.25, 0.3) is 0 Å². The first-order chi connectivity index (χ1) is 10.3. The summed E-state index contributed by atoms with van der Waals surface area (Å²) in [7, 11) is -3.81. The minimum atomic E-state index is -3.81. The summed E-state index contributed by atoms with van der Waals surface area (Å²) < 4.78 is 26.8. The molecule has 0 aliphatic heterocycles. The summed E-state index contributed by atoms with van der Waals surface area (Å²) in [5.41, 5.74) is 6.20. The van der Waals surface area contributed by atoms with Crippen LogP contribution in [0.4, 0.5) is 17.1 Å². The van der Waals surface area contributed by atoms with Crippen molar-refractivity contribution in [2.75, 3.05) is 10.5 Å². The fourth-order valence-corrected chi connectivity index (χ4v) is 2.93. The molecule has 0 amide bonds. The summed E-state index contributed by atoms with van der Waals surface area (Å²) in [6.07, 6.45) is 0.803. The largest absolute Gasteiger partial charge is 0.393 e. The molecule has 0 bridgehead atoms. The van der Waals surface area contributed by atoms with Crippen LogP contribution in [0.2, 0.25) is 0 Å². The molecule has 7 nitrogen and oxygen atoms in total. The van der Waals surface area contributed by atoms with Gasteiger partial charge in [-0.15, -0.1) is 0 Å². The van der Waals surface area contributed by atoms with E-state index in [9.17, 15) is 18.5 Å². The molecule has 2 aromatic carbocycles. The van der Waals surface area contributed by atoms with Gasteiger partial charge in [-0.3, -0.25) is 14.8 Å². The average molecular weight is 321 g/mol. The summed E-state index contributed by atoms with van der Waals surface area (Å²) in [6.45, 7) is 1.97. The van der Waals surface area contributed by atoms with Crippen molar-refractivity contribution in [2.45, 2.75) is 18.2 Å². The number of aryl methyl sites for hydroxylation is 1. The number of nitrogens with zero attached hydrogens (tertiary/aromatic N) is 1. The monoisotopic (exact) mass is 321 g/mol. The highest BCUT2D eigenvalue weighted by Crippen LogP contribution is 2.26. The van der Waals surface area contributed by atoms with Crippen LogP contribution >= 0.6 is 0 Å². The Hall–Kier alpha value is -2.61. The molecule has 0 saturated carbocycles. The maximum absolute atomic E-state index is 12.3. The van der Waals surface area contributed by atoms with Gasteiger partial charge in [-0.05, 0) is 36.2 Å². The molecule has 8 heteroatoms.